The molecule has 0 heterocycles. The molecule has 1 aromatic rings. The van der Waals surface area contributed by atoms with Crippen molar-refractivity contribution in [3.05, 3.63) is 23.8 Å². The van der Waals surface area contributed by atoms with Crippen LogP contribution in [0.5, 0.6) is 11.5 Å². The maximum Gasteiger partial charge on any atom is 0.223 e. The normalized spacial score (nSPS) is 16.9. The summed E-state index contributed by atoms with van der Waals surface area (Å²) in [5.74, 6) is 2.22. The van der Waals surface area contributed by atoms with Crippen LogP contribution in [0, 0.1) is 29.1 Å². The first-order valence-corrected chi connectivity index (χ1v) is 14.0. The van der Waals surface area contributed by atoms with Crippen LogP contribution < -0.4 is 14.8 Å². The summed E-state index contributed by atoms with van der Waals surface area (Å²) in [6.45, 7) is 10.4. The first-order chi connectivity index (χ1) is 17.6. The molecule has 0 radical (unpaired) electrons. The van der Waals surface area contributed by atoms with E-state index < -0.39 is 6.10 Å². The van der Waals surface area contributed by atoms with Gasteiger partial charge >= 0.3 is 0 Å². The van der Waals surface area contributed by atoms with Crippen LogP contribution in [0.3, 0.4) is 0 Å². The summed E-state index contributed by atoms with van der Waals surface area (Å²) in [5, 5.41) is 23.4. The zero-order chi connectivity index (χ0) is 27.4. The lowest BCUT2D eigenvalue weighted by atomic mass is 9.82. The number of ether oxygens (including phenoxy) is 3. The molecule has 0 aliphatic heterocycles. The van der Waals surface area contributed by atoms with Crippen LogP contribution in [0.2, 0.25) is 0 Å². The molecule has 0 saturated heterocycles. The van der Waals surface area contributed by atoms with Crippen molar-refractivity contribution in [3.63, 3.8) is 0 Å². The molecule has 1 aliphatic carbocycles. The average molecular weight is 522 g/mol. The van der Waals surface area contributed by atoms with Crippen molar-refractivity contribution in [2.45, 2.75) is 78.7 Å². The van der Waals surface area contributed by atoms with Gasteiger partial charge in [0, 0.05) is 38.0 Å². The molecule has 3 atom stereocenters. The second-order valence-electron chi connectivity index (χ2n) is 11.6. The molecule has 1 aliphatic rings. The van der Waals surface area contributed by atoms with Crippen LogP contribution in [-0.4, -0.2) is 62.8 Å². The fraction of sp³-hybridized carbons (Fsp3) is 0.767. The number of hydrogen-bond donors (Lipinski definition) is 3. The minimum Gasteiger partial charge on any atom is -0.493 e. The van der Waals surface area contributed by atoms with Gasteiger partial charge in [0.1, 0.15) is 0 Å². The van der Waals surface area contributed by atoms with Gasteiger partial charge in [-0.15, -0.1) is 0 Å². The van der Waals surface area contributed by atoms with E-state index in [9.17, 15) is 15.0 Å². The quantitative estimate of drug-likeness (QED) is 0.230. The van der Waals surface area contributed by atoms with E-state index in [0.29, 0.717) is 44.4 Å². The van der Waals surface area contributed by atoms with Crippen LogP contribution in [0.15, 0.2) is 18.2 Å². The van der Waals surface area contributed by atoms with Gasteiger partial charge in [0.15, 0.2) is 11.5 Å². The highest BCUT2D eigenvalue weighted by molar-refractivity contribution is 5.79. The molecular weight excluding hydrogens is 470 g/mol. The van der Waals surface area contributed by atoms with Crippen LogP contribution in [0.4, 0.5) is 0 Å². The minimum absolute atomic E-state index is 0.00885. The van der Waals surface area contributed by atoms with Gasteiger partial charge in [0.25, 0.3) is 0 Å². The van der Waals surface area contributed by atoms with E-state index >= 15 is 0 Å². The van der Waals surface area contributed by atoms with Gasteiger partial charge in [0.2, 0.25) is 5.91 Å². The Kier molecular flexibility index (Phi) is 13.2. The SMILES string of the molecule is COCCCOc1cc(C[C@@H](CC[C@@H](O)C[C@H](C(=O)NCC2(CO)CC2)C(C)C)C(C)C)ccc1OC. The molecular formula is C30H51NO6. The lowest BCUT2D eigenvalue weighted by Crippen LogP contribution is -2.39. The second kappa shape index (κ2) is 15.6. The van der Waals surface area contributed by atoms with Gasteiger partial charge < -0.3 is 29.7 Å². The van der Waals surface area contributed by atoms with Crippen LogP contribution in [-0.2, 0) is 16.0 Å². The van der Waals surface area contributed by atoms with Crippen LogP contribution in [0.1, 0.15) is 71.8 Å². The van der Waals surface area contributed by atoms with Crippen molar-refractivity contribution >= 4 is 5.91 Å². The summed E-state index contributed by atoms with van der Waals surface area (Å²) in [6, 6.07) is 6.11. The average Bonchev–Trinajstić information content (AvgIpc) is 3.66. The molecule has 2 rings (SSSR count). The van der Waals surface area contributed by atoms with Gasteiger partial charge in [-0.25, -0.2) is 0 Å². The fourth-order valence-corrected chi connectivity index (χ4v) is 4.79. The number of aliphatic hydroxyl groups is 2. The summed E-state index contributed by atoms with van der Waals surface area (Å²) in [7, 11) is 3.33. The van der Waals surface area contributed by atoms with Gasteiger partial charge in [-0.05, 0) is 74.0 Å². The van der Waals surface area contributed by atoms with Crippen LogP contribution >= 0.6 is 0 Å². The molecule has 0 unspecified atom stereocenters. The Bertz CT molecular complexity index is 807. The smallest absolute Gasteiger partial charge is 0.223 e. The zero-order valence-electron chi connectivity index (χ0n) is 23.9. The molecule has 1 aromatic carbocycles. The van der Waals surface area contributed by atoms with Crippen molar-refractivity contribution in [3.8, 4) is 11.5 Å². The molecule has 37 heavy (non-hydrogen) atoms. The molecule has 0 aromatic heterocycles. The molecule has 7 heteroatoms. The lowest BCUT2D eigenvalue weighted by molar-refractivity contribution is -0.127. The first-order valence-electron chi connectivity index (χ1n) is 14.0. The lowest BCUT2D eigenvalue weighted by Gasteiger charge is -2.26. The Morgan fingerprint density at radius 1 is 1.05 bits per heavy atom. The number of benzene rings is 1. The molecule has 1 saturated carbocycles. The number of aliphatic hydroxyl groups excluding tert-OH is 2. The number of hydrogen-bond acceptors (Lipinski definition) is 6. The second-order valence-corrected chi connectivity index (χ2v) is 11.6. The number of nitrogens with one attached hydrogen (secondary N) is 1. The van der Waals surface area contributed by atoms with E-state index in [-0.39, 0.29) is 29.8 Å². The topological polar surface area (TPSA) is 97.2 Å². The number of amides is 1. The molecule has 7 nitrogen and oxygen atoms in total. The molecule has 212 valence electrons. The maximum absolute atomic E-state index is 12.9. The standard InChI is InChI=1S/C30H51NO6/c1-21(2)24(16-23-8-11-27(36-6)28(17-23)37-15-7-14-35-5)9-10-25(33)18-26(22(3)4)29(34)31-19-30(20-32)12-13-30/h8,11,17,21-22,24-26,32-33H,7,9-10,12-16,18-20H2,1-6H3,(H,31,34)/t24-,25-,26+/m1/s1. The van der Waals surface area contributed by atoms with Gasteiger partial charge in [-0.2, -0.15) is 0 Å². The number of methoxy groups -OCH3 is 2. The Morgan fingerprint density at radius 2 is 1.78 bits per heavy atom. The highest BCUT2D eigenvalue weighted by Crippen LogP contribution is 2.44. The number of carbonyl (C=O) groups is 1. The van der Waals surface area contributed by atoms with Crippen molar-refractivity contribution in [2.24, 2.45) is 29.1 Å². The summed E-state index contributed by atoms with van der Waals surface area (Å²) in [4.78, 5) is 12.9. The van der Waals surface area contributed by atoms with E-state index in [4.69, 9.17) is 14.2 Å². The number of rotatable bonds is 19. The van der Waals surface area contributed by atoms with E-state index in [2.05, 4.69) is 31.3 Å². The highest BCUT2D eigenvalue weighted by Gasteiger charge is 2.42. The summed E-state index contributed by atoms with van der Waals surface area (Å²) in [5.41, 5.74) is 1.07. The summed E-state index contributed by atoms with van der Waals surface area (Å²) < 4.78 is 16.5. The van der Waals surface area contributed by atoms with Crippen molar-refractivity contribution < 1.29 is 29.2 Å². The third-order valence-corrected chi connectivity index (χ3v) is 7.89. The van der Waals surface area contributed by atoms with Crippen LogP contribution in [0.25, 0.3) is 0 Å². The molecule has 3 N–H and O–H groups in total. The molecule has 0 spiro atoms. The summed E-state index contributed by atoms with van der Waals surface area (Å²) in [6.07, 6.45) is 5.11. The van der Waals surface area contributed by atoms with Gasteiger partial charge in [-0.3, -0.25) is 4.79 Å². The predicted molar refractivity (Wildman–Crippen MR) is 147 cm³/mol. The predicted octanol–water partition coefficient (Wildman–Crippen LogP) is 4.62. The fourth-order valence-electron chi connectivity index (χ4n) is 4.79. The minimum atomic E-state index is -0.525. The third-order valence-electron chi connectivity index (χ3n) is 7.89. The maximum atomic E-state index is 12.9. The monoisotopic (exact) mass is 521 g/mol. The third kappa shape index (κ3) is 10.5. The Labute approximate surface area is 224 Å². The zero-order valence-corrected chi connectivity index (χ0v) is 23.9. The van der Waals surface area contributed by atoms with E-state index in [0.717, 1.165) is 43.6 Å². The summed E-state index contributed by atoms with van der Waals surface area (Å²) >= 11 is 0. The van der Waals surface area contributed by atoms with E-state index in [1.165, 1.54) is 5.56 Å². The number of carbonyl (C=O) groups excluding carboxylic acids is 1. The van der Waals surface area contributed by atoms with Crippen molar-refractivity contribution in [2.75, 3.05) is 40.6 Å². The largest absolute Gasteiger partial charge is 0.493 e. The molecule has 1 amide bonds. The Hall–Kier alpha value is -1.83. The van der Waals surface area contributed by atoms with Crippen molar-refractivity contribution in [1.29, 1.82) is 0 Å². The Morgan fingerprint density at radius 3 is 2.35 bits per heavy atom. The first kappa shape index (κ1) is 31.4. The highest BCUT2D eigenvalue weighted by atomic mass is 16.5. The van der Waals surface area contributed by atoms with Gasteiger partial charge in [-0.1, -0.05) is 33.8 Å². The van der Waals surface area contributed by atoms with Crippen molar-refractivity contribution in [1.82, 2.24) is 5.32 Å². The van der Waals surface area contributed by atoms with E-state index in [1.807, 2.05) is 19.9 Å². The molecule has 0 bridgehead atoms. The van der Waals surface area contributed by atoms with Gasteiger partial charge in [0.05, 0.1) is 26.4 Å². The molecule has 1 fully saturated rings. The Balaban J connectivity index is 1.92. The van der Waals surface area contributed by atoms with E-state index in [1.54, 1.807) is 14.2 Å².